The Morgan fingerprint density at radius 2 is 1.71 bits per heavy atom. The van der Waals surface area contributed by atoms with Gasteiger partial charge in [0.1, 0.15) is 0 Å². The second-order valence-corrected chi connectivity index (χ2v) is 9.44. The van der Waals surface area contributed by atoms with Crippen LogP contribution in [0.5, 0.6) is 0 Å². The summed E-state index contributed by atoms with van der Waals surface area (Å²) in [5.74, 6) is 0. The molecule has 2 N–H and O–H groups in total. The fraction of sp³-hybridized carbons (Fsp3) is 0.296. The van der Waals surface area contributed by atoms with Crippen molar-refractivity contribution in [2.24, 2.45) is 0 Å². The average Bonchev–Trinajstić information content (AvgIpc) is 2.90. The number of pyridine rings is 1. The molecule has 3 aromatic rings. The summed E-state index contributed by atoms with van der Waals surface area (Å²) in [7, 11) is 0. The van der Waals surface area contributed by atoms with Gasteiger partial charge in [-0.15, -0.1) is 0 Å². The Morgan fingerprint density at radius 3 is 2.39 bits per heavy atom. The van der Waals surface area contributed by atoms with Crippen LogP contribution in [0.1, 0.15) is 44.5 Å². The van der Waals surface area contributed by atoms with Crippen molar-refractivity contribution in [3.05, 3.63) is 83.1 Å². The number of aryl methyl sites for hydroxylation is 1. The summed E-state index contributed by atoms with van der Waals surface area (Å²) in [5, 5.41) is 16.5. The van der Waals surface area contributed by atoms with E-state index >= 15 is 0 Å². The van der Waals surface area contributed by atoms with E-state index in [-0.39, 0.29) is 11.1 Å². The molecule has 0 fully saturated rings. The van der Waals surface area contributed by atoms with Crippen molar-refractivity contribution in [3.8, 4) is 0 Å². The number of nitrogens with one attached hydrogen (secondary N) is 1. The number of anilines is 1. The summed E-state index contributed by atoms with van der Waals surface area (Å²) < 4.78 is 0. The quantitative estimate of drug-likeness (QED) is 0.481. The first kappa shape index (κ1) is 21.3. The Morgan fingerprint density at radius 1 is 0.968 bits per heavy atom. The van der Waals surface area contributed by atoms with E-state index in [9.17, 15) is 5.21 Å². The lowest BCUT2D eigenvalue weighted by Gasteiger charge is -2.36. The minimum Gasteiger partial charge on any atom is -0.381 e. The monoisotopic (exact) mass is 413 g/mol. The molecule has 0 saturated carbocycles. The van der Waals surface area contributed by atoms with Crippen LogP contribution in [-0.2, 0) is 0 Å². The van der Waals surface area contributed by atoms with Gasteiger partial charge in [-0.1, -0.05) is 42.0 Å². The first-order valence-corrected chi connectivity index (χ1v) is 10.8. The normalized spacial score (nSPS) is 17.9. The molecule has 1 aromatic heterocycles. The number of aromatic nitrogens is 1. The Balaban J connectivity index is 1.41. The molecule has 0 amide bonds. The first-order chi connectivity index (χ1) is 14.6. The van der Waals surface area contributed by atoms with E-state index in [2.05, 4.69) is 79.0 Å². The largest absolute Gasteiger partial charge is 0.381 e. The van der Waals surface area contributed by atoms with Gasteiger partial charge < -0.3 is 10.5 Å². The maximum Gasteiger partial charge on any atom is 0.0709 e. The van der Waals surface area contributed by atoms with Crippen LogP contribution in [0.4, 0.5) is 5.69 Å². The van der Waals surface area contributed by atoms with Gasteiger partial charge in [-0.25, -0.2) is 4.98 Å². The number of hydroxylamine groups is 2. The molecule has 0 unspecified atom stereocenters. The zero-order valence-electron chi connectivity index (χ0n) is 19.0. The molecule has 0 bridgehead atoms. The highest BCUT2D eigenvalue weighted by Gasteiger charge is 2.44. The number of hydrogen-bond donors (Lipinski definition) is 2. The Labute approximate surface area is 184 Å². The predicted molar refractivity (Wildman–Crippen MR) is 130 cm³/mol. The molecule has 0 saturated heterocycles. The summed E-state index contributed by atoms with van der Waals surface area (Å²) in [6, 6.07) is 18.9. The van der Waals surface area contributed by atoms with Gasteiger partial charge in [0.15, 0.2) is 0 Å². The highest BCUT2D eigenvalue weighted by Crippen LogP contribution is 2.38. The van der Waals surface area contributed by atoms with E-state index in [0.717, 1.165) is 22.5 Å². The van der Waals surface area contributed by atoms with Crippen molar-refractivity contribution in [3.63, 3.8) is 0 Å². The van der Waals surface area contributed by atoms with Crippen LogP contribution in [0.3, 0.4) is 0 Å². The van der Waals surface area contributed by atoms with E-state index in [4.69, 9.17) is 4.98 Å². The van der Waals surface area contributed by atoms with Crippen LogP contribution >= 0.6 is 0 Å². The fourth-order valence-electron chi connectivity index (χ4n) is 4.23. The Hall–Kier alpha value is -2.95. The third kappa shape index (κ3) is 4.41. The number of hydrogen-bond acceptors (Lipinski definition) is 4. The minimum absolute atomic E-state index is 0.356. The summed E-state index contributed by atoms with van der Waals surface area (Å²) in [6.45, 7) is 10.9. The molecule has 4 rings (SSSR count). The molecule has 2 aromatic carbocycles. The van der Waals surface area contributed by atoms with E-state index in [1.807, 2.05) is 33.8 Å². The van der Waals surface area contributed by atoms with E-state index in [1.165, 1.54) is 21.6 Å². The number of rotatable bonds is 5. The maximum atomic E-state index is 10.5. The van der Waals surface area contributed by atoms with Crippen LogP contribution in [-0.4, -0.2) is 32.9 Å². The van der Waals surface area contributed by atoms with Gasteiger partial charge in [0, 0.05) is 17.6 Å². The topological polar surface area (TPSA) is 48.4 Å². The first-order valence-electron chi connectivity index (χ1n) is 10.8. The fourth-order valence-corrected chi connectivity index (χ4v) is 4.23. The Kier molecular flexibility index (Phi) is 5.46. The summed E-state index contributed by atoms with van der Waals surface area (Å²) in [6.07, 6.45) is 6.28. The number of nitrogens with zero attached hydrogens (tertiary/aromatic N) is 2. The SMILES string of the molecule is Cc1ccc2nc(/C=C/c3ccc(NCC4=CC(C)(C)N(O)C4(C)C)cc3)ccc2c1. The van der Waals surface area contributed by atoms with Crippen molar-refractivity contribution >= 4 is 28.7 Å². The van der Waals surface area contributed by atoms with Crippen molar-refractivity contribution in [2.45, 2.75) is 45.7 Å². The minimum atomic E-state index is -0.384. The second kappa shape index (κ2) is 7.95. The zero-order chi connectivity index (χ0) is 22.2. The van der Waals surface area contributed by atoms with Crippen LogP contribution in [0.25, 0.3) is 23.1 Å². The van der Waals surface area contributed by atoms with Crippen LogP contribution in [0, 0.1) is 6.92 Å². The Bertz CT molecular complexity index is 1160. The van der Waals surface area contributed by atoms with Gasteiger partial charge in [0.05, 0.1) is 22.3 Å². The smallest absolute Gasteiger partial charge is 0.0709 e. The summed E-state index contributed by atoms with van der Waals surface area (Å²) in [4.78, 5) is 4.72. The molecule has 1 aliphatic heterocycles. The third-order valence-corrected chi connectivity index (χ3v) is 6.10. The van der Waals surface area contributed by atoms with Crippen LogP contribution in [0.15, 0.2) is 66.2 Å². The lowest BCUT2D eigenvalue weighted by Crippen LogP contribution is -2.48. The van der Waals surface area contributed by atoms with Crippen molar-refractivity contribution in [1.82, 2.24) is 10.0 Å². The van der Waals surface area contributed by atoms with Crippen molar-refractivity contribution in [2.75, 3.05) is 11.9 Å². The average molecular weight is 414 g/mol. The summed E-state index contributed by atoms with van der Waals surface area (Å²) in [5.41, 5.74) is 5.83. The van der Waals surface area contributed by atoms with Crippen LogP contribution in [0.2, 0.25) is 0 Å². The molecule has 2 heterocycles. The van der Waals surface area contributed by atoms with Crippen molar-refractivity contribution in [1.29, 1.82) is 0 Å². The van der Waals surface area contributed by atoms with Gasteiger partial charge in [-0.05, 0) is 82.2 Å². The van der Waals surface area contributed by atoms with Crippen molar-refractivity contribution < 1.29 is 5.21 Å². The summed E-state index contributed by atoms with van der Waals surface area (Å²) >= 11 is 0. The molecule has 160 valence electrons. The molecule has 0 spiro atoms. The molecule has 1 aliphatic rings. The highest BCUT2D eigenvalue weighted by atomic mass is 16.5. The van der Waals surface area contributed by atoms with Gasteiger partial charge >= 0.3 is 0 Å². The van der Waals surface area contributed by atoms with Gasteiger partial charge in [-0.2, -0.15) is 5.06 Å². The van der Waals surface area contributed by atoms with E-state index in [1.54, 1.807) is 0 Å². The van der Waals surface area contributed by atoms with E-state index < -0.39 is 0 Å². The molecule has 0 atom stereocenters. The predicted octanol–water partition coefficient (Wildman–Crippen LogP) is 6.31. The second-order valence-electron chi connectivity index (χ2n) is 9.44. The number of benzene rings is 2. The van der Waals surface area contributed by atoms with E-state index in [0.29, 0.717) is 6.54 Å². The molecular formula is C27H31N3O. The van der Waals surface area contributed by atoms with Gasteiger partial charge in [0.2, 0.25) is 0 Å². The molecule has 0 aliphatic carbocycles. The standard InChI is InChI=1S/C27H31N3O/c1-19-6-15-25-21(16-19)10-14-24(29-25)13-9-20-7-11-23(12-8-20)28-18-22-17-26(2,3)30(31)27(22,4)5/h6-17,28,31H,18H2,1-5H3/b13-9+. The van der Waals surface area contributed by atoms with Gasteiger partial charge in [-0.3, -0.25) is 0 Å². The molecule has 4 nitrogen and oxygen atoms in total. The molecule has 0 radical (unpaired) electrons. The van der Waals surface area contributed by atoms with Gasteiger partial charge in [0.25, 0.3) is 0 Å². The molecular weight excluding hydrogens is 382 g/mol. The van der Waals surface area contributed by atoms with Crippen LogP contribution < -0.4 is 5.32 Å². The zero-order valence-corrected chi connectivity index (χ0v) is 19.0. The lowest BCUT2D eigenvalue weighted by molar-refractivity contribution is -0.185. The highest BCUT2D eigenvalue weighted by molar-refractivity contribution is 5.81. The third-order valence-electron chi connectivity index (χ3n) is 6.10. The lowest BCUT2D eigenvalue weighted by atomic mass is 9.96. The number of fused-ring (bicyclic) bond motifs is 1. The molecule has 31 heavy (non-hydrogen) atoms. The maximum absolute atomic E-state index is 10.5. The molecule has 4 heteroatoms.